The van der Waals surface area contributed by atoms with Crippen molar-refractivity contribution in [2.75, 3.05) is 5.43 Å². The summed E-state index contributed by atoms with van der Waals surface area (Å²) in [5.41, 5.74) is 6.46. The van der Waals surface area contributed by atoms with Gasteiger partial charge in [0.1, 0.15) is 0 Å². The number of hydrogen-bond acceptors (Lipinski definition) is 2. The quantitative estimate of drug-likeness (QED) is 0.573. The Hall–Kier alpha value is -1.31. The zero-order valence-corrected chi connectivity index (χ0v) is 9.33. The van der Waals surface area contributed by atoms with Crippen LogP contribution >= 0.6 is 0 Å². The van der Waals surface area contributed by atoms with E-state index < -0.39 is 0 Å². The van der Waals surface area contributed by atoms with Crippen LogP contribution in [0.1, 0.15) is 26.3 Å². The van der Waals surface area contributed by atoms with Gasteiger partial charge in [-0.3, -0.25) is 5.43 Å². The van der Waals surface area contributed by atoms with Crippen LogP contribution < -0.4 is 5.43 Å². The van der Waals surface area contributed by atoms with E-state index >= 15 is 0 Å². The van der Waals surface area contributed by atoms with Gasteiger partial charge in [0.05, 0.1) is 5.69 Å². The normalized spacial score (nSPS) is 11.9. The van der Waals surface area contributed by atoms with E-state index in [1.807, 2.05) is 19.1 Å². The Morgan fingerprint density at radius 3 is 2.29 bits per heavy atom. The summed E-state index contributed by atoms with van der Waals surface area (Å²) >= 11 is 0. The fourth-order valence-electron chi connectivity index (χ4n) is 0.910. The van der Waals surface area contributed by atoms with Crippen LogP contribution in [0.4, 0.5) is 5.69 Å². The lowest BCUT2D eigenvalue weighted by atomic mass is 10.1. The molecule has 0 atom stereocenters. The summed E-state index contributed by atoms with van der Waals surface area (Å²) in [6.45, 7) is 8.38. The molecule has 1 N–H and O–H groups in total. The van der Waals surface area contributed by atoms with Crippen molar-refractivity contribution in [3.05, 3.63) is 29.8 Å². The number of rotatable bonds is 3. The molecule has 0 bridgehead atoms. The van der Waals surface area contributed by atoms with E-state index in [4.69, 9.17) is 0 Å². The summed E-state index contributed by atoms with van der Waals surface area (Å²) < 4.78 is 0. The van der Waals surface area contributed by atoms with E-state index in [0.717, 1.165) is 11.4 Å². The van der Waals surface area contributed by atoms with Gasteiger partial charge >= 0.3 is 0 Å². The highest BCUT2D eigenvalue weighted by molar-refractivity contribution is 5.84. The summed E-state index contributed by atoms with van der Waals surface area (Å²) in [4.78, 5) is 0. The summed E-state index contributed by atoms with van der Waals surface area (Å²) in [5, 5.41) is 4.29. The molecule has 0 fully saturated rings. The number of benzene rings is 1. The molecule has 0 amide bonds. The van der Waals surface area contributed by atoms with Gasteiger partial charge in [0, 0.05) is 5.71 Å². The van der Waals surface area contributed by atoms with Crippen LogP contribution in [-0.2, 0) is 0 Å². The molecule has 2 nitrogen and oxygen atoms in total. The third-order valence-corrected chi connectivity index (χ3v) is 2.25. The number of anilines is 1. The van der Waals surface area contributed by atoms with E-state index in [2.05, 4.69) is 43.4 Å². The minimum atomic E-state index is 0.493. The highest BCUT2D eigenvalue weighted by atomic mass is 15.3. The molecular formula is C12H18N2. The first-order chi connectivity index (χ1) is 6.59. The van der Waals surface area contributed by atoms with Crippen LogP contribution in [0.3, 0.4) is 0 Å². The lowest BCUT2D eigenvalue weighted by Crippen LogP contribution is -2.04. The molecule has 0 aliphatic rings. The predicted octanol–water partition coefficient (Wildman–Crippen LogP) is 3.44. The smallest absolute Gasteiger partial charge is 0.0561 e. The van der Waals surface area contributed by atoms with Crippen LogP contribution in [0.25, 0.3) is 0 Å². The second kappa shape index (κ2) is 4.80. The molecule has 0 saturated heterocycles. The number of nitrogens with zero attached hydrogens (tertiary/aromatic N) is 1. The molecule has 14 heavy (non-hydrogen) atoms. The van der Waals surface area contributed by atoms with Gasteiger partial charge in [-0.1, -0.05) is 31.5 Å². The van der Waals surface area contributed by atoms with Crippen molar-refractivity contribution in [2.24, 2.45) is 11.0 Å². The van der Waals surface area contributed by atoms with Crippen molar-refractivity contribution < 1.29 is 0 Å². The van der Waals surface area contributed by atoms with Crippen molar-refractivity contribution in [3.8, 4) is 0 Å². The maximum Gasteiger partial charge on any atom is 0.0561 e. The Balaban J connectivity index is 2.62. The van der Waals surface area contributed by atoms with Gasteiger partial charge in [-0.15, -0.1) is 0 Å². The van der Waals surface area contributed by atoms with Gasteiger partial charge in [0.2, 0.25) is 0 Å². The second-order valence-corrected chi connectivity index (χ2v) is 3.89. The van der Waals surface area contributed by atoms with Crippen molar-refractivity contribution in [2.45, 2.75) is 27.7 Å². The fraction of sp³-hybridized carbons (Fsp3) is 0.417. The molecule has 0 aromatic heterocycles. The SMILES string of the molecule is C/C(=N\Nc1ccc(C)cc1)C(C)C. The minimum absolute atomic E-state index is 0.493. The maximum atomic E-state index is 4.29. The molecule has 0 aliphatic carbocycles. The lowest BCUT2D eigenvalue weighted by Gasteiger charge is -2.05. The first kappa shape index (κ1) is 10.8. The molecule has 0 radical (unpaired) electrons. The van der Waals surface area contributed by atoms with E-state index in [1.54, 1.807) is 0 Å². The molecule has 1 rings (SSSR count). The highest BCUT2D eigenvalue weighted by Crippen LogP contribution is 2.08. The molecule has 0 unspecified atom stereocenters. The largest absolute Gasteiger partial charge is 0.279 e. The Labute approximate surface area is 86.0 Å². The first-order valence-electron chi connectivity index (χ1n) is 4.96. The third-order valence-electron chi connectivity index (χ3n) is 2.25. The Morgan fingerprint density at radius 2 is 1.79 bits per heavy atom. The molecule has 1 aromatic carbocycles. The van der Waals surface area contributed by atoms with Crippen LogP contribution in [0, 0.1) is 12.8 Å². The molecular weight excluding hydrogens is 172 g/mol. The Morgan fingerprint density at radius 1 is 1.21 bits per heavy atom. The number of hydrazone groups is 1. The molecule has 0 saturated carbocycles. The summed E-state index contributed by atoms with van der Waals surface area (Å²) in [7, 11) is 0. The van der Waals surface area contributed by atoms with Crippen molar-refractivity contribution in [1.29, 1.82) is 0 Å². The predicted molar refractivity (Wildman–Crippen MR) is 62.7 cm³/mol. The van der Waals surface area contributed by atoms with Crippen LogP contribution in [0.5, 0.6) is 0 Å². The molecule has 0 heterocycles. The van der Waals surface area contributed by atoms with Gasteiger partial charge in [-0.05, 0) is 31.9 Å². The lowest BCUT2D eigenvalue weighted by molar-refractivity contribution is 0.874. The highest BCUT2D eigenvalue weighted by Gasteiger charge is 1.96. The van der Waals surface area contributed by atoms with Gasteiger partial charge < -0.3 is 0 Å². The van der Waals surface area contributed by atoms with Gasteiger partial charge in [-0.25, -0.2) is 0 Å². The molecule has 0 aliphatic heterocycles. The first-order valence-corrected chi connectivity index (χ1v) is 4.96. The van der Waals surface area contributed by atoms with E-state index in [-0.39, 0.29) is 0 Å². The molecule has 1 aromatic rings. The van der Waals surface area contributed by atoms with E-state index in [0.29, 0.717) is 5.92 Å². The average molecular weight is 190 g/mol. The second-order valence-electron chi connectivity index (χ2n) is 3.89. The number of nitrogens with one attached hydrogen (secondary N) is 1. The van der Waals surface area contributed by atoms with Gasteiger partial charge in [0.25, 0.3) is 0 Å². The maximum absolute atomic E-state index is 4.29. The van der Waals surface area contributed by atoms with Gasteiger partial charge in [0.15, 0.2) is 0 Å². The third kappa shape index (κ3) is 3.21. The van der Waals surface area contributed by atoms with E-state index in [9.17, 15) is 0 Å². The average Bonchev–Trinajstić information content (AvgIpc) is 2.16. The van der Waals surface area contributed by atoms with Crippen LogP contribution in [-0.4, -0.2) is 5.71 Å². The zero-order valence-electron chi connectivity index (χ0n) is 9.33. The standard InChI is InChI=1S/C12H18N2/c1-9(2)11(4)13-14-12-7-5-10(3)6-8-12/h5-9,14H,1-4H3/b13-11+. The van der Waals surface area contributed by atoms with Crippen molar-refractivity contribution >= 4 is 11.4 Å². The minimum Gasteiger partial charge on any atom is -0.279 e. The molecule has 76 valence electrons. The van der Waals surface area contributed by atoms with Crippen molar-refractivity contribution in [3.63, 3.8) is 0 Å². The zero-order chi connectivity index (χ0) is 10.6. The monoisotopic (exact) mass is 190 g/mol. The number of aryl methyl sites for hydroxylation is 1. The number of hydrogen-bond donors (Lipinski definition) is 1. The van der Waals surface area contributed by atoms with E-state index in [1.165, 1.54) is 5.56 Å². The fourth-order valence-corrected chi connectivity index (χ4v) is 0.910. The molecule has 0 spiro atoms. The van der Waals surface area contributed by atoms with Crippen molar-refractivity contribution in [1.82, 2.24) is 0 Å². The van der Waals surface area contributed by atoms with Gasteiger partial charge in [-0.2, -0.15) is 5.10 Å². The molecule has 2 heteroatoms. The topological polar surface area (TPSA) is 24.4 Å². The van der Waals surface area contributed by atoms with Crippen LogP contribution in [0.2, 0.25) is 0 Å². The van der Waals surface area contributed by atoms with Crippen LogP contribution in [0.15, 0.2) is 29.4 Å². The Kier molecular flexibility index (Phi) is 3.69. The summed E-state index contributed by atoms with van der Waals surface area (Å²) in [5.74, 6) is 0.493. The Bertz CT molecular complexity index is 310. The summed E-state index contributed by atoms with van der Waals surface area (Å²) in [6, 6.07) is 8.21. The summed E-state index contributed by atoms with van der Waals surface area (Å²) in [6.07, 6.45) is 0.